The molecule has 2 aromatic rings. The van der Waals surface area contributed by atoms with Gasteiger partial charge in [0.2, 0.25) is 17.7 Å². The molecule has 166 valence electrons. The van der Waals surface area contributed by atoms with Crippen molar-refractivity contribution < 1.29 is 19.6 Å². The zero-order chi connectivity index (χ0) is 22.8. The Bertz CT molecular complexity index is 866. The van der Waals surface area contributed by atoms with Crippen molar-refractivity contribution >= 4 is 17.7 Å². The molecule has 7 nitrogen and oxygen atoms in total. The standard InChI is InChI=1S/C24H31N3O4/c1-16(2)13-20(15-22(28)27-31)23(29)26-21(24(30)25-3)14-17-9-11-19(12-10-17)18-7-5-4-6-8-18/h4-12,16,20-21,31H,13-15H2,1-3H3,(H,25,30)(H,26,29)(H,27,28)/t20-,21-/m1/s1. The topological polar surface area (TPSA) is 108 Å². The minimum Gasteiger partial charge on any atom is -0.357 e. The number of amides is 3. The molecule has 0 aliphatic rings. The van der Waals surface area contributed by atoms with E-state index in [-0.39, 0.29) is 24.2 Å². The van der Waals surface area contributed by atoms with Gasteiger partial charge in [0.25, 0.3) is 0 Å². The summed E-state index contributed by atoms with van der Waals surface area (Å²) >= 11 is 0. The van der Waals surface area contributed by atoms with Crippen LogP contribution in [0.2, 0.25) is 0 Å². The number of benzene rings is 2. The highest BCUT2D eigenvalue weighted by Gasteiger charge is 2.27. The van der Waals surface area contributed by atoms with Gasteiger partial charge in [0.1, 0.15) is 6.04 Å². The quantitative estimate of drug-likeness (QED) is 0.347. The summed E-state index contributed by atoms with van der Waals surface area (Å²) in [5.74, 6) is -1.79. The van der Waals surface area contributed by atoms with Gasteiger partial charge in [0.05, 0.1) is 0 Å². The lowest BCUT2D eigenvalue weighted by Crippen LogP contribution is -2.49. The van der Waals surface area contributed by atoms with Crippen molar-refractivity contribution in [2.75, 3.05) is 7.05 Å². The second-order valence-electron chi connectivity index (χ2n) is 8.01. The minimum atomic E-state index is -0.771. The second kappa shape index (κ2) is 11.9. The number of carbonyl (C=O) groups is 3. The molecule has 2 rings (SSSR count). The zero-order valence-corrected chi connectivity index (χ0v) is 18.2. The minimum absolute atomic E-state index is 0.146. The first-order chi connectivity index (χ1) is 14.8. The van der Waals surface area contributed by atoms with Crippen molar-refractivity contribution in [3.8, 4) is 11.1 Å². The van der Waals surface area contributed by atoms with E-state index in [1.807, 2.05) is 68.4 Å². The van der Waals surface area contributed by atoms with Gasteiger partial charge in [-0.1, -0.05) is 68.4 Å². The van der Waals surface area contributed by atoms with Crippen LogP contribution in [0.5, 0.6) is 0 Å². The van der Waals surface area contributed by atoms with E-state index in [2.05, 4.69) is 10.6 Å². The Balaban J connectivity index is 2.12. The van der Waals surface area contributed by atoms with Crippen LogP contribution in [0.15, 0.2) is 54.6 Å². The average molecular weight is 426 g/mol. The molecule has 0 aliphatic heterocycles. The molecular formula is C24H31N3O4. The first kappa shape index (κ1) is 24.1. The van der Waals surface area contributed by atoms with Gasteiger partial charge in [-0.3, -0.25) is 19.6 Å². The van der Waals surface area contributed by atoms with Gasteiger partial charge in [0.15, 0.2) is 0 Å². The molecule has 0 bridgehead atoms. The molecule has 2 aromatic carbocycles. The molecule has 0 fully saturated rings. The van der Waals surface area contributed by atoms with Crippen LogP contribution >= 0.6 is 0 Å². The van der Waals surface area contributed by atoms with E-state index in [4.69, 9.17) is 5.21 Å². The van der Waals surface area contributed by atoms with Crippen LogP contribution in [0, 0.1) is 11.8 Å². The molecule has 0 unspecified atom stereocenters. The van der Waals surface area contributed by atoms with E-state index >= 15 is 0 Å². The summed E-state index contributed by atoms with van der Waals surface area (Å²) in [5.41, 5.74) is 4.64. The van der Waals surface area contributed by atoms with Crippen LogP contribution in [0.25, 0.3) is 11.1 Å². The molecule has 31 heavy (non-hydrogen) atoms. The van der Waals surface area contributed by atoms with Crippen LogP contribution in [0.3, 0.4) is 0 Å². The largest absolute Gasteiger partial charge is 0.357 e. The predicted octanol–water partition coefficient (Wildman–Crippen LogP) is 2.68. The maximum absolute atomic E-state index is 12.8. The summed E-state index contributed by atoms with van der Waals surface area (Å²) in [4.78, 5) is 36.9. The first-order valence-electron chi connectivity index (χ1n) is 10.4. The molecule has 0 radical (unpaired) electrons. The monoisotopic (exact) mass is 425 g/mol. The van der Waals surface area contributed by atoms with E-state index in [0.717, 1.165) is 16.7 Å². The molecule has 7 heteroatoms. The number of nitrogens with one attached hydrogen (secondary N) is 3. The Morgan fingerprint density at radius 3 is 2.06 bits per heavy atom. The SMILES string of the molecule is CNC(=O)[C@@H](Cc1ccc(-c2ccccc2)cc1)NC(=O)[C@@H](CC(=O)NO)CC(C)C. The number of hydroxylamine groups is 1. The number of carbonyl (C=O) groups excluding carboxylic acids is 3. The second-order valence-corrected chi connectivity index (χ2v) is 8.01. The summed E-state index contributed by atoms with van der Waals surface area (Å²) in [6, 6.07) is 17.1. The van der Waals surface area contributed by atoms with Crippen molar-refractivity contribution in [2.24, 2.45) is 11.8 Å². The highest BCUT2D eigenvalue weighted by Crippen LogP contribution is 2.20. The van der Waals surface area contributed by atoms with Crippen molar-refractivity contribution in [3.05, 3.63) is 60.2 Å². The van der Waals surface area contributed by atoms with Gasteiger partial charge in [-0.05, 0) is 29.0 Å². The lowest BCUT2D eigenvalue weighted by Gasteiger charge is -2.22. The Hall–Kier alpha value is -3.19. The van der Waals surface area contributed by atoms with Gasteiger partial charge in [0, 0.05) is 25.8 Å². The average Bonchev–Trinajstić information content (AvgIpc) is 2.78. The maximum Gasteiger partial charge on any atom is 0.244 e. The fourth-order valence-electron chi connectivity index (χ4n) is 3.49. The van der Waals surface area contributed by atoms with Crippen molar-refractivity contribution in [1.82, 2.24) is 16.1 Å². The predicted molar refractivity (Wildman–Crippen MR) is 119 cm³/mol. The lowest BCUT2D eigenvalue weighted by molar-refractivity contribution is -0.136. The Kier molecular flexibility index (Phi) is 9.21. The number of hydrogen-bond donors (Lipinski definition) is 4. The third-order valence-corrected chi connectivity index (χ3v) is 5.06. The molecular weight excluding hydrogens is 394 g/mol. The summed E-state index contributed by atoms with van der Waals surface area (Å²) in [6.07, 6.45) is 0.638. The molecule has 4 N–H and O–H groups in total. The zero-order valence-electron chi connectivity index (χ0n) is 18.2. The molecule has 0 aromatic heterocycles. The highest BCUT2D eigenvalue weighted by atomic mass is 16.5. The first-order valence-corrected chi connectivity index (χ1v) is 10.4. The van der Waals surface area contributed by atoms with Crippen LogP contribution < -0.4 is 16.1 Å². The van der Waals surface area contributed by atoms with E-state index in [1.54, 1.807) is 5.48 Å². The molecule has 0 saturated carbocycles. The molecule has 0 aliphatic carbocycles. The Labute approximate surface area is 183 Å². The Morgan fingerprint density at radius 1 is 0.903 bits per heavy atom. The molecule has 0 spiro atoms. The van der Waals surface area contributed by atoms with Crippen LogP contribution in [0.4, 0.5) is 0 Å². The summed E-state index contributed by atoms with van der Waals surface area (Å²) in [5, 5.41) is 14.2. The van der Waals surface area contributed by atoms with Gasteiger partial charge < -0.3 is 10.6 Å². The van der Waals surface area contributed by atoms with E-state index < -0.39 is 17.9 Å². The molecule has 0 saturated heterocycles. The normalized spacial score (nSPS) is 12.7. The number of hydrogen-bond acceptors (Lipinski definition) is 4. The smallest absolute Gasteiger partial charge is 0.244 e. The van der Waals surface area contributed by atoms with E-state index in [0.29, 0.717) is 12.8 Å². The van der Waals surface area contributed by atoms with Crippen molar-refractivity contribution in [1.29, 1.82) is 0 Å². The maximum atomic E-state index is 12.8. The van der Waals surface area contributed by atoms with Gasteiger partial charge >= 0.3 is 0 Å². The molecule has 3 amide bonds. The van der Waals surface area contributed by atoms with E-state index in [9.17, 15) is 14.4 Å². The van der Waals surface area contributed by atoms with Gasteiger partial charge in [-0.25, -0.2) is 5.48 Å². The highest BCUT2D eigenvalue weighted by molar-refractivity contribution is 5.90. The van der Waals surface area contributed by atoms with E-state index in [1.165, 1.54) is 7.05 Å². The number of rotatable bonds is 10. The molecule has 0 heterocycles. The summed E-state index contributed by atoms with van der Waals surface area (Å²) in [7, 11) is 1.52. The van der Waals surface area contributed by atoms with Crippen LogP contribution in [-0.2, 0) is 20.8 Å². The lowest BCUT2D eigenvalue weighted by atomic mass is 9.92. The summed E-state index contributed by atoms with van der Waals surface area (Å²) < 4.78 is 0. The molecule has 2 atom stereocenters. The third kappa shape index (κ3) is 7.53. The number of likely N-dealkylation sites (N-methyl/N-ethyl adjacent to an activating group) is 1. The van der Waals surface area contributed by atoms with Gasteiger partial charge in [-0.2, -0.15) is 0 Å². The summed E-state index contributed by atoms with van der Waals surface area (Å²) in [6.45, 7) is 3.89. The van der Waals surface area contributed by atoms with Crippen molar-refractivity contribution in [3.63, 3.8) is 0 Å². The van der Waals surface area contributed by atoms with Crippen LogP contribution in [-0.4, -0.2) is 36.0 Å². The third-order valence-electron chi connectivity index (χ3n) is 5.06. The van der Waals surface area contributed by atoms with Gasteiger partial charge in [-0.15, -0.1) is 0 Å². The fraction of sp³-hybridized carbons (Fsp3) is 0.375. The Morgan fingerprint density at radius 2 is 1.52 bits per heavy atom. The fourth-order valence-corrected chi connectivity index (χ4v) is 3.49. The van der Waals surface area contributed by atoms with Crippen molar-refractivity contribution in [2.45, 2.75) is 39.2 Å². The van der Waals surface area contributed by atoms with Crippen LogP contribution in [0.1, 0.15) is 32.3 Å².